The largest absolute Gasteiger partial charge is 0.0908 e. The Hall–Kier alpha value is -2.08. The SMILES string of the molecule is C=C(C1=CC(C)=C2C=CCC1C2)c1ccccc1/C=C\C.CC.CCCC. The van der Waals surface area contributed by atoms with Gasteiger partial charge in [-0.2, -0.15) is 0 Å². The molecule has 0 heterocycles. The summed E-state index contributed by atoms with van der Waals surface area (Å²) in [4.78, 5) is 0. The Balaban J connectivity index is 0.000000541. The number of fused-ring (bicyclic) bond motifs is 2. The molecule has 0 amide bonds. The number of benzene rings is 1. The van der Waals surface area contributed by atoms with Crippen LogP contribution in [0.3, 0.4) is 0 Å². The van der Waals surface area contributed by atoms with Crippen molar-refractivity contribution in [3.63, 3.8) is 0 Å². The Bertz CT molecular complexity index is 720. The van der Waals surface area contributed by atoms with E-state index in [1.165, 1.54) is 52.7 Å². The molecule has 3 rings (SSSR count). The highest BCUT2D eigenvalue weighted by Gasteiger charge is 2.25. The number of unbranched alkanes of at least 4 members (excludes halogenated alkanes) is 1. The Morgan fingerprint density at radius 2 is 1.81 bits per heavy atom. The minimum atomic E-state index is 0.597. The van der Waals surface area contributed by atoms with Crippen LogP contribution in [0.4, 0.5) is 0 Å². The van der Waals surface area contributed by atoms with E-state index in [-0.39, 0.29) is 0 Å². The van der Waals surface area contributed by atoms with Crippen molar-refractivity contribution in [1.82, 2.24) is 0 Å². The van der Waals surface area contributed by atoms with Gasteiger partial charge in [-0.15, -0.1) is 0 Å². The first-order valence-corrected chi connectivity index (χ1v) is 10.6. The molecular weight excluding hydrogens is 324 g/mol. The molecule has 1 unspecified atom stereocenters. The lowest BCUT2D eigenvalue weighted by molar-refractivity contribution is 0.611. The molecule has 2 bridgehead atoms. The lowest BCUT2D eigenvalue weighted by atomic mass is 9.74. The van der Waals surface area contributed by atoms with Crippen molar-refractivity contribution in [2.45, 2.75) is 67.2 Å². The fourth-order valence-corrected chi connectivity index (χ4v) is 3.35. The highest BCUT2D eigenvalue weighted by molar-refractivity contribution is 5.84. The van der Waals surface area contributed by atoms with Gasteiger partial charge in [-0.25, -0.2) is 0 Å². The molecule has 2 aliphatic rings. The molecule has 1 atom stereocenters. The van der Waals surface area contributed by atoms with Crippen LogP contribution in [0.25, 0.3) is 11.6 Å². The molecule has 0 fully saturated rings. The molecule has 0 saturated carbocycles. The lowest BCUT2D eigenvalue weighted by Gasteiger charge is -2.30. The monoisotopic (exact) mass is 362 g/mol. The van der Waals surface area contributed by atoms with E-state index in [0.717, 1.165) is 6.42 Å². The zero-order chi connectivity index (χ0) is 20.2. The van der Waals surface area contributed by atoms with Crippen molar-refractivity contribution in [1.29, 1.82) is 0 Å². The van der Waals surface area contributed by atoms with E-state index in [4.69, 9.17) is 0 Å². The van der Waals surface area contributed by atoms with Crippen LogP contribution in [0.5, 0.6) is 0 Å². The van der Waals surface area contributed by atoms with Gasteiger partial charge in [0.2, 0.25) is 0 Å². The maximum absolute atomic E-state index is 4.42. The van der Waals surface area contributed by atoms with Crippen molar-refractivity contribution in [3.8, 4) is 0 Å². The van der Waals surface area contributed by atoms with Crippen LogP contribution >= 0.6 is 0 Å². The number of hydrogen-bond donors (Lipinski definition) is 0. The maximum atomic E-state index is 4.42. The fraction of sp³-hybridized carbons (Fsp3) is 0.407. The highest BCUT2D eigenvalue weighted by atomic mass is 14.3. The second-order valence-corrected chi connectivity index (χ2v) is 6.91. The van der Waals surface area contributed by atoms with Gasteiger partial charge in [0.05, 0.1) is 0 Å². The molecule has 0 N–H and O–H groups in total. The average molecular weight is 363 g/mol. The predicted octanol–water partition coefficient (Wildman–Crippen LogP) is 8.79. The predicted molar refractivity (Wildman–Crippen MR) is 125 cm³/mol. The Labute approximate surface area is 168 Å². The molecule has 0 spiro atoms. The summed E-state index contributed by atoms with van der Waals surface area (Å²) in [6.07, 6.45) is 16.1. The number of allylic oxidation sites excluding steroid dienone is 8. The van der Waals surface area contributed by atoms with E-state index in [0.29, 0.717) is 5.92 Å². The van der Waals surface area contributed by atoms with Gasteiger partial charge in [-0.3, -0.25) is 0 Å². The highest BCUT2D eigenvalue weighted by Crippen LogP contribution is 2.41. The first kappa shape index (κ1) is 23.0. The summed E-state index contributed by atoms with van der Waals surface area (Å²) in [7, 11) is 0. The topological polar surface area (TPSA) is 0 Å². The van der Waals surface area contributed by atoms with Crippen LogP contribution < -0.4 is 0 Å². The molecule has 146 valence electrons. The summed E-state index contributed by atoms with van der Waals surface area (Å²) in [6, 6.07) is 8.55. The van der Waals surface area contributed by atoms with E-state index in [9.17, 15) is 0 Å². The van der Waals surface area contributed by atoms with Gasteiger partial charge in [-0.1, -0.05) is 102 Å². The molecule has 1 aromatic rings. The molecule has 1 aromatic carbocycles. The first-order chi connectivity index (χ1) is 13.1. The molecular formula is C27H38. The van der Waals surface area contributed by atoms with Gasteiger partial charge in [0.25, 0.3) is 0 Å². The van der Waals surface area contributed by atoms with Gasteiger partial charge in [0.1, 0.15) is 0 Å². The van der Waals surface area contributed by atoms with Crippen molar-refractivity contribution < 1.29 is 0 Å². The minimum Gasteiger partial charge on any atom is -0.0908 e. The van der Waals surface area contributed by atoms with E-state index < -0.39 is 0 Å². The van der Waals surface area contributed by atoms with Crippen LogP contribution in [-0.4, -0.2) is 0 Å². The summed E-state index contributed by atoms with van der Waals surface area (Å²) >= 11 is 0. The second kappa shape index (κ2) is 12.3. The zero-order valence-electron chi connectivity index (χ0n) is 18.3. The maximum Gasteiger partial charge on any atom is -0.00807 e. The Morgan fingerprint density at radius 3 is 2.44 bits per heavy atom. The second-order valence-electron chi connectivity index (χ2n) is 6.91. The minimum absolute atomic E-state index is 0.597. The summed E-state index contributed by atoms with van der Waals surface area (Å²) in [5.41, 5.74) is 7.99. The smallest absolute Gasteiger partial charge is 0.00807 e. The average Bonchev–Trinajstić information content (AvgIpc) is 2.73. The molecule has 0 radical (unpaired) electrons. The lowest BCUT2D eigenvalue weighted by Crippen LogP contribution is -2.14. The van der Waals surface area contributed by atoms with Gasteiger partial charge in [-0.05, 0) is 66.0 Å². The standard InChI is InChI=1S/C21H22.C4H10.C2H6/c1-4-8-17-9-5-6-12-20(17)16(3)21-13-15(2)18-10-7-11-19(21)14-18;1-3-4-2;1-2/h4-10,12-13,19H,3,11,14H2,1-2H3;3-4H2,1-2H3;1-2H3/b8-4-;;. The van der Waals surface area contributed by atoms with Crippen LogP contribution in [0.1, 0.15) is 78.4 Å². The molecule has 0 aliphatic heterocycles. The normalized spacial score (nSPS) is 17.6. The van der Waals surface area contributed by atoms with E-state index >= 15 is 0 Å². The van der Waals surface area contributed by atoms with Crippen LogP contribution in [-0.2, 0) is 0 Å². The van der Waals surface area contributed by atoms with Gasteiger partial charge in [0.15, 0.2) is 0 Å². The molecule has 0 aromatic heterocycles. The molecule has 0 heteroatoms. The molecule has 27 heavy (non-hydrogen) atoms. The molecule has 2 aliphatic carbocycles. The zero-order valence-corrected chi connectivity index (χ0v) is 18.3. The summed E-state index contributed by atoms with van der Waals surface area (Å²) in [6.45, 7) is 17.1. The fourth-order valence-electron chi connectivity index (χ4n) is 3.35. The van der Waals surface area contributed by atoms with E-state index in [1.807, 2.05) is 13.8 Å². The Kier molecular flexibility index (Phi) is 10.5. The number of hydrogen-bond acceptors (Lipinski definition) is 0. The van der Waals surface area contributed by atoms with Crippen LogP contribution in [0, 0.1) is 5.92 Å². The van der Waals surface area contributed by atoms with Crippen molar-refractivity contribution >= 4 is 11.6 Å². The molecule has 0 nitrogen and oxygen atoms in total. The van der Waals surface area contributed by atoms with E-state index in [1.54, 1.807) is 0 Å². The summed E-state index contributed by atoms with van der Waals surface area (Å²) < 4.78 is 0. The van der Waals surface area contributed by atoms with Crippen molar-refractivity contribution in [2.75, 3.05) is 0 Å². The third kappa shape index (κ3) is 6.24. The van der Waals surface area contributed by atoms with Gasteiger partial charge < -0.3 is 0 Å². The summed E-state index contributed by atoms with van der Waals surface area (Å²) in [5.74, 6) is 0.597. The van der Waals surface area contributed by atoms with Crippen molar-refractivity contribution in [3.05, 3.63) is 83.0 Å². The Morgan fingerprint density at radius 1 is 1.15 bits per heavy atom. The quantitative estimate of drug-likeness (QED) is 0.502. The van der Waals surface area contributed by atoms with Crippen molar-refractivity contribution in [2.24, 2.45) is 5.92 Å². The number of rotatable bonds is 4. The third-order valence-corrected chi connectivity index (χ3v) is 5.00. The van der Waals surface area contributed by atoms with Crippen LogP contribution in [0.15, 0.2) is 71.9 Å². The van der Waals surface area contributed by atoms with Crippen LogP contribution in [0.2, 0.25) is 0 Å². The first-order valence-electron chi connectivity index (χ1n) is 10.6. The third-order valence-electron chi connectivity index (χ3n) is 5.00. The summed E-state index contributed by atoms with van der Waals surface area (Å²) in [5, 5.41) is 0. The van der Waals surface area contributed by atoms with E-state index in [2.05, 4.69) is 88.9 Å². The van der Waals surface area contributed by atoms with Gasteiger partial charge in [0, 0.05) is 0 Å². The van der Waals surface area contributed by atoms with Gasteiger partial charge >= 0.3 is 0 Å². The molecule has 0 saturated heterocycles.